The molecule has 0 bridgehead atoms. The number of hydrogen-bond acceptors (Lipinski definition) is 1. The zero-order chi connectivity index (χ0) is 20.2. The zero-order valence-corrected chi connectivity index (χ0v) is 17.3. The van der Waals surface area contributed by atoms with E-state index in [9.17, 15) is 0 Å². The van der Waals surface area contributed by atoms with Crippen LogP contribution in [0.1, 0.15) is 41.0 Å². The van der Waals surface area contributed by atoms with Gasteiger partial charge in [0.1, 0.15) is 0 Å². The standard InChI is InChI=1S/C28H28N2/c1-2-6-22(7-3-1)10-11-23-12-14-24(15-13-23)20-30-21-27(25-16-18-29-19-17-25)26-8-4-5-9-28(26)30/h1-15,21,25,29H,16-20H2. The van der Waals surface area contributed by atoms with Crippen LogP contribution >= 0.6 is 0 Å². The van der Waals surface area contributed by atoms with Gasteiger partial charge in [-0.2, -0.15) is 0 Å². The maximum atomic E-state index is 3.49. The first kappa shape index (κ1) is 18.9. The number of benzene rings is 3. The number of nitrogens with zero attached hydrogens (tertiary/aromatic N) is 1. The van der Waals surface area contributed by atoms with Gasteiger partial charge in [0, 0.05) is 23.6 Å². The molecule has 1 aromatic heterocycles. The Bertz CT molecular complexity index is 1130. The van der Waals surface area contributed by atoms with E-state index in [0.717, 1.165) is 19.6 Å². The summed E-state index contributed by atoms with van der Waals surface area (Å²) in [6.07, 6.45) is 9.22. The van der Waals surface area contributed by atoms with Gasteiger partial charge < -0.3 is 9.88 Å². The second-order valence-electron chi connectivity index (χ2n) is 8.24. The molecule has 150 valence electrons. The van der Waals surface area contributed by atoms with Crippen molar-refractivity contribution in [3.63, 3.8) is 0 Å². The van der Waals surface area contributed by atoms with Crippen LogP contribution < -0.4 is 5.32 Å². The van der Waals surface area contributed by atoms with Gasteiger partial charge in [-0.1, -0.05) is 84.9 Å². The van der Waals surface area contributed by atoms with Crippen molar-refractivity contribution in [1.29, 1.82) is 0 Å². The van der Waals surface area contributed by atoms with Gasteiger partial charge in [0.25, 0.3) is 0 Å². The summed E-state index contributed by atoms with van der Waals surface area (Å²) in [5, 5.41) is 4.92. The Balaban J connectivity index is 1.37. The van der Waals surface area contributed by atoms with Gasteiger partial charge >= 0.3 is 0 Å². The molecule has 2 nitrogen and oxygen atoms in total. The molecule has 0 unspecified atom stereocenters. The first-order chi connectivity index (χ1) is 14.9. The molecule has 2 heterocycles. The monoisotopic (exact) mass is 392 g/mol. The lowest BCUT2D eigenvalue weighted by molar-refractivity contribution is 0.461. The molecular formula is C28H28N2. The minimum atomic E-state index is 0.669. The number of piperidine rings is 1. The van der Waals surface area contributed by atoms with Crippen LogP contribution in [0.2, 0.25) is 0 Å². The molecule has 0 saturated carbocycles. The van der Waals surface area contributed by atoms with Crippen molar-refractivity contribution >= 4 is 23.1 Å². The number of rotatable bonds is 5. The molecule has 1 fully saturated rings. The fourth-order valence-electron chi connectivity index (χ4n) is 4.55. The fraction of sp³-hybridized carbons (Fsp3) is 0.214. The molecule has 30 heavy (non-hydrogen) atoms. The quantitative estimate of drug-likeness (QED) is 0.393. The Morgan fingerprint density at radius 3 is 2.20 bits per heavy atom. The van der Waals surface area contributed by atoms with E-state index in [2.05, 4.69) is 101 Å². The van der Waals surface area contributed by atoms with E-state index < -0.39 is 0 Å². The molecule has 0 amide bonds. The largest absolute Gasteiger partial charge is 0.343 e. The Kier molecular flexibility index (Phi) is 5.50. The van der Waals surface area contributed by atoms with Crippen LogP contribution in [0.5, 0.6) is 0 Å². The normalized spacial score (nSPS) is 15.2. The first-order valence-corrected chi connectivity index (χ1v) is 11.0. The van der Waals surface area contributed by atoms with Crippen LogP contribution in [-0.2, 0) is 6.54 Å². The molecule has 1 saturated heterocycles. The summed E-state index contributed by atoms with van der Waals surface area (Å²) in [7, 11) is 0. The highest BCUT2D eigenvalue weighted by Gasteiger charge is 2.20. The maximum Gasteiger partial charge on any atom is 0.0486 e. The summed E-state index contributed by atoms with van der Waals surface area (Å²) in [6.45, 7) is 3.17. The van der Waals surface area contributed by atoms with Crippen LogP contribution in [0, 0.1) is 0 Å². The number of aromatic nitrogens is 1. The molecule has 3 aromatic carbocycles. The molecular weight excluding hydrogens is 364 g/mol. The Morgan fingerprint density at radius 1 is 0.767 bits per heavy atom. The molecule has 0 atom stereocenters. The summed E-state index contributed by atoms with van der Waals surface area (Å²) in [5.41, 5.74) is 6.67. The van der Waals surface area contributed by atoms with Gasteiger partial charge in [-0.3, -0.25) is 0 Å². The summed E-state index contributed by atoms with van der Waals surface area (Å²) >= 11 is 0. The Labute approximate surface area is 178 Å². The molecule has 0 aliphatic carbocycles. The predicted molar refractivity (Wildman–Crippen MR) is 128 cm³/mol. The highest BCUT2D eigenvalue weighted by Crippen LogP contribution is 2.33. The minimum Gasteiger partial charge on any atom is -0.343 e. The molecule has 1 N–H and O–H groups in total. The van der Waals surface area contributed by atoms with E-state index in [1.807, 2.05) is 6.07 Å². The molecule has 0 spiro atoms. The predicted octanol–water partition coefficient (Wildman–Crippen LogP) is 6.33. The van der Waals surface area contributed by atoms with Gasteiger partial charge in [-0.15, -0.1) is 0 Å². The molecule has 5 rings (SSSR count). The molecule has 0 radical (unpaired) electrons. The third kappa shape index (κ3) is 4.10. The van der Waals surface area contributed by atoms with Gasteiger partial charge in [0.2, 0.25) is 0 Å². The number of fused-ring (bicyclic) bond motifs is 1. The lowest BCUT2D eigenvalue weighted by Crippen LogP contribution is -2.26. The van der Waals surface area contributed by atoms with Gasteiger partial charge in [0.05, 0.1) is 0 Å². The third-order valence-corrected chi connectivity index (χ3v) is 6.20. The van der Waals surface area contributed by atoms with Crippen molar-refractivity contribution in [3.8, 4) is 0 Å². The van der Waals surface area contributed by atoms with Crippen LogP contribution in [0.25, 0.3) is 23.1 Å². The SMILES string of the molecule is C(=Cc1ccc(Cn2cc(C3CCNCC3)c3ccccc32)cc1)c1ccccc1. The molecule has 2 heteroatoms. The van der Waals surface area contributed by atoms with Crippen LogP contribution in [-0.4, -0.2) is 17.7 Å². The summed E-state index contributed by atoms with van der Waals surface area (Å²) in [6, 6.07) is 28.3. The third-order valence-electron chi connectivity index (χ3n) is 6.20. The van der Waals surface area contributed by atoms with E-state index in [1.165, 1.54) is 46.0 Å². The van der Waals surface area contributed by atoms with E-state index in [4.69, 9.17) is 0 Å². The second-order valence-corrected chi connectivity index (χ2v) is 8.24. The van der Waals surface area contributed by atoms with Gasteiger partial charge in [-0.05, 0) is 60.2 Å². The van der Waals surface area contributed by atoms with E-state index in [1.54, 1.807) is 0 Å². The average molecular weight is 393 g/mol. The number of para-hydroxylation sites is 1. The Morgan fingerprint density at radius 2 is 1.43 bits per heavy atom. The zero-order valence-electron chi connectivity index (χ0n) is 17.3. The summed E-state index contributed by atoms with van der Waals surface area (Å²) in [4.78, 5) is 0. The van der Waals surface area contributed by atoms with Gasteiger partial charge in [0.15, 0.2) is 0 Å². The lowest BCUT2D eigenvalue weighted by Gasteiger charge is -2.22. The van der Waals surface area contributed by atoms with Crippen molar-refractivity contribution < 1.29 is 0 Å². The number of nitrogens with one attached hydrogen (secondary N) is 1. The Hall–Kier alpha value is -3.10. The minimum absolute atomic E-state index is 0.669. The smallest absolute Gasteiger partial charge is 0.0486 e. The fourth-order valence-corrected chi connectivity index (χ4v) is 4.55. The van der Waals surface area contributed by atoms with E-state index in [-0.39, 0.29) is 0 Å². The van der Waals surface area contributed by atoms with Crippen molar-refractivity contribution in [3.05, 3.63) is 107 Å². The molecule has 4 aromatic rings. The van der Waals surface area contributed by atoms with Crippen molar-refractivity contribution in [2.75, 3.05) is 13.1 Å². The van der Waals surface area contributed by atoms with E-state index in [0.29, 0.717) is 5.92 Å². The second kappa shape index (κ2) is 8.73. The topological polar surface area (TPSA) is 17.0 Å². The maximum absolute atomic E-state index is 3.49. The van der Waals surface area contributed by atoms with Crippen LogP contribution in [0.4, 0.5) is 0 Å². The lowest BCUT2D eigenvalue weighted by atomic mass is 9.90. The van der Waals surface area contributed by atoms with Crippen molar-refractivity contribution in [2.24, 2.45) is 0 Å². The van der Waals surface area contributed by atoms with Crippen molar-refractivity contribution in [1.82, 2.24) is 9.88 Å². The van der Waals surface area contributed by atoms with Crippen molar-refractivity contribution in [2.45, 2.75) is 25.3 Å². The van der Waals surface area contributed by atoms with Crippen LogP contribution in [0.15, 0.2) is 85.1 Å². The highest BCUT2D eigenvalue weighted by atomic mass is 15.0. The average Bonchev–Trinajstić information content (AvgIpc) is 3.18. The first-order valence-electron chi connectivity index (χ1n) is 11.0. The molecule has 1 aliphatic rings. The highest BCUT2D eigenvalue weighted by molar-refractivity contribution is 5.84. The summed E-state index contributed by atoms with van der Waals surface area (Å²) in [5.74, 6) is 0.669. The number of hydrogen-bond donors (Lipinski definition) is 1. The van der Waals surface area contributed by atoms with Crippen LogP contribution in [0.3, 0.4) is 0 Å². The van der Waals surface area contributed by atoms with E-state index >= 15 is 0 Å². The van der Waals surface area contributed by atoms with Gasteiger partial charge in [-0.25, -0.2) is 0 Å². The molecule has 1 aliphatic heterocycles. The summed E-state index contributed by atoms with van der Waals surface area (Å²) < 4.78 is 2.43.